The summed E-state index contributed by atoms with van der Waals surface area (Å²) in [5.74, 6) is -0.690. The molecule has 0 unspecified atom stereocenters. The summed E-state index contributed by atoms with van der Waals surface area (Å²) in [7, 11) is 2.99. The molecule has 4 aromatic rings. The van der Waals surface area contributed by atoms with E-state index in [4.69, 9.17) is 4.74 Å². The van der Waals surface area contributed by atoms with Crippen molar-refractivity contribution in [3.8, 4) is 22.7 Å². The van der Waals surface area contributed by atoms with Gasteiger partial charge in [0.1, 0.15) is 22.9 Å². The van der Waals surface area contributed by atoms with Crippen LogP contribution in [0.4, 0.5) is 4.39 Å². The first kappa shape index (κ1) is 18.0. The van der Waals surface area contributed by atoms with Crippen LogP contribution < -0.4 is 4.74 Å². The van der Waals surface area contributed by atoms with E-state index in [9.17, 15) is 14.0 Å². The smallest absolute Gasteiger partial charge is 0.262 e. The first-order valence-electron chi connectivity index (χ1n) is 9.14. The van der Waals surface area contributed by atoms with Crippen LogP contribution in [0.1, 0.15) is 20.7 Å². The quantitative estimate of drug-likeness (QED) is 0.491. The number of benzene rings is 2. The Bertz CT molecular complexity index is 1340. The van der Waals surface area contributed by atoms with E-state index in [0.29, 0.717) is 28.0 Å². The number of rotatable bonds is 3. The van der Waals surface area contributed by atoms with E-state index in [0.717, 1.165) is 4.90 Å². The Morgan fingerprint density at radius 2 is 1.73 bits per heavy atom. The van der Waals surface area contributed by atoms with E-state index in [1.165, 1.54) is 24.0 Å². The maximum atomic E-state index is 14.6. The summed E-state index contributed by atoms with van der Waals surface area (Å²) in [6.07, 6.45) is 1.35. The minimum absolute atomic E-state index is 0.194. The van der Waals surface area contributed by atoms with Crippen LogP contribution in [-0.4, -0.2) is 45.6 Å². The number of carbonyl (C=O) groups is 2. The molecule has 0 fully saturated rings. The largest absolute Gasteiger partial charge is 0.497 e. The summed E-state index contributed by atoms with van der Waals surface area (Å²) in [5.41, 5.74) is 2.03. The summed E-state index contributed by atoms with van der Waals surface area (Å²) in [5, 5.41) is 5.01. The molecule has 3 heterocycles. The molecule has 30 heavy (non-hydrogen) atoms. The van der Waals surface area contributed by atoms with Gasteiger partial charge in [0.2, 0.25) is 0 Å². The average Bonchev–Trinajstić information content (AvgIpc) is 3.26. The second-order valence-electron chi connectivity index (χ2n) is 6.86. The van der Waals surface area contributed by atoms with Gasteiger partial charge in [-0.15, -0.1) is 0 Å². The maximum absolute atomic E-state index is 14.6. The Hall–Kier alpha value is -4.07. The summed E-state index contributed by atoms with van der Waals surface area (Å²) in [4.78, 5) is 30.8. The van der Waals surface area contributed by atoms with E-state index in [1.807, 2.05) is 0 Å². The normalized spacial score (nSPS) is 13.2. The molecule has 0 radical (unpaired) electrons. The molecule has 1 aliphatic rings. The highest BCUT2D eigenvalue weighted by molar-refractivity contribution is 6.27. The summed E-state index contributed by atoms with van der Waals surface area (Å²) >= 11 is 0. The number of hydrogen-bond acceptors (Lipinski definition) is 5. The Balaban J connectivity index is 1.88. The van der Waals surface area contributed by atoms with Crippen LogP contribution >= 0.6 is 0 Å². The lowest BCUT2D eigenvalue weighted by molar-refractivity contribution is 0.0693. The molecule has 0 saturated heterocycles. The number of para-hydroxylation sites is 1. The van der Waals surface area contributed by atoms with Gasteiger partial charge in [-0.25, -0.2) is 14.1 Å². The van der Waals surface area contributed by atoms with Crippen LogP contribution in [0, 0.1) is 5.82 Å². The number of amides is 2. The molecule has 0 aliphatic carbocycles. The second-order valence-corrected chi connectivity index (χ2v) is 6.86. The minimum Gasteiger partial charge on any atom is -0.497 e. The van der Waals surface area contributed by atoms with Crippen molar-refractivity contribution in [3.05, 3.63) is 71.7 Å². The van der Waals surface area contributed by atoms with Crippen molar-refractivity contribution >= 4 is 22.8 Å². The van der Waals surface area contributed by atoms with Crippen LogP contribution in [0.2, 0.25) is 0 Å². The Morgan fingerprint density at radius 3 is 2.43 bits per heavy atom. The Morgan fingerprint density at radius 1 is 1.00 bits per heavy atom. The lowest BCUT2D eigenvalue weighted by atomic mass is 10.0. The van der Waals surface area contributed by atoms with Crippen molar-refractivity contribution in [3.63, 3.8) is 0 Å². The Labute approximate surface area is 170 Å². The number of hydrogen-bond donors (Lipinski definition) is 0. The number of methoxy groups -OCH3 is 1. The fourth-order valence-corrected chi connectivity index (χ4v) is 3.65. The molecular weight excluding hydrogens is 387 g/mol. The van der Waals surface area contributed by atoms with Gasteiger partial charge in [-0.3, -0.25) is 14.5 Å². The molecule has 0 bridgehead atoms. The van der Waals surface area contributed by atoms with Gasteiger partial charge in [-0.05, 0) is 36.4 Å². The highest BCUT2D eigenvalue weighted by Gasteiger charge is 2.37. The third-order valence-corrected chi connectivity index (χ3v) is 5.19. The average molecular weight is 402 g/mol. The molecule has 8 heteroatoms. The van der Waals surface area contributed by atoms with Gasteiger partial charge in [-0.1, -0.05) is 12.1 Å². The van der Waals surface area contributed by atoms with Crippen molar-refractivity contribution in [1.29, 1.82) is 0 Å². The van der Waals surface area contributed by atoms with Gasteiger partial charge in [0.05, 0.1) is 23.6 Å². The monoisotopic (exact) mass is 402 g/mol. The molecule has 0 spiro atoms. The molecule has 2 aromatic carbocycles. The highest BCUT2D eigenvalue weighted by Crippen LogP contribution is 2.36. The number of ether oxygens (including phenoxy) is 1. The molecule has 2 aromatic heterocycles. The fourth-order valence-electron chi connectivity index (χ4n) is 3.65. The van der Waals surface area contributed by atoms with Gasteiger partial charge < -0.3 is 4.74 Å². The minimum atomic E-state index is -0.481. The van der Waals surface area contributed by atoms with Gasteiger partial charge in [0.15, 0.2) is 5.65 Å². The predicted molar refractivity (Wildman–Crippen MR) is 107 cm³/mol. The molecule has 148 valence electrons. The van der Waals surface area contributed by atoms with E-state index in [-0.39, 0.29) is 16.8 Å². The van der Waals surface area contributed by atoms with E-state index < -0.39 is 17.6 Å². The molecule has 5 rings (SSSR count). The van der Waals surface area contributed by atoms with Gasteiger partial charge in [0, 0.05) is 18.8 Å². The summed E-state index contributed by atoms with van der Waals surface area (Å²) in [6, 6.07) is 13.3. The van der Waals surface area contributed by atoms with Crippen molar-refractivity contribution in [2.45, 2.75) is 0 Å². The lowest BCUT2D eigenvalue weighted by Gasteiger charge is -2.04. The van der Waals surface area contributed by atoms with Crippen LogP contribution in [-0.2, 0) is 0 Å². The van der Waals surface area contributed by atoms with E-state index >= 15 is 0 Å². The predicted octanol–water partition coefficient (Wildman–Crippen LogP) is 3.46. The first-order valence-corrected chi connectivity index (χ1v) is 9.14. The molecule has 0 saturated carbocycles. The molecule has 0 atom stereocenters. The molecule has 7 nitrogen and oxygen atoms in total. The fraction of sp³-hybridized carbons (Fsp3) is 0.0909. The molecular formula is C22H15FN4O3. The number of carbonyl (C=O) groups excluding carboxylic acids is 2. The number of imide groups is 1. The zero-order valence-electron chi connectivity index (χ0n) is 16.1. The van der Waals surface area contributed by atoms with Crippen LogP contribution in [0.25, 0.3) is 28.0 Å². The SMILES string of the molecule is COc1ccc(-c2nn(-c3ccccc3F)c3ncc4c(c23)C(=O)N(C)C4=O)cc1. The third-order valence-electron chi connectivity index (χ3n) is 5.19. The summed E-state index contributed by atoms with van der Waals surface area (Å²) in [6.45, 7) is 0. The lowest BCUT2D eigenvalue weighted by Crippen LogP contribution is -2.24. The molecule has 0 N–H and O–H groups in total. The van der Waals surface area contributed by atoms with E-state index in [2.05, 4.69) is 10.1 Å². The van der Waals surface area contributed by atoms with Crippen molar-refractivity contribution in [2.75, 3.05) is 14.2 Å². The zero-order valence-corrected chi connectivity index (χ0v) is 16.1. The number of fused-ring (bicyclic) bond motifs is 3. The zero-order chi connectivity index (χ0) is 21.0. The molecule has 1 aliphatic heterocycles. The highest BCUT2D eigenvalue weighted by atomic mass is 19.1. The standard InChI is InChI=1S/C22H15FN4O3/c1-26-21(28)14-11-24-20-18(17(14)22(26)29)19(12-7-9-13(30-2)10-8-12)25-27(20)16-6-4-3-5-15(16)23/h3-11H,1-2H3. The topological polar surface area (TPSA) is 77.3 Å². The number of halogens is 1. The molecule has 2 amide bonds. The van der Waals surface area contributed by atoms with Crippen molar-refractivity contribution in [1.82, 2.24) is 19.7 Å². The van der Waals surface area contributed by atoms with Crippen LogP contribution in [0.15, 0.2) is 54.7 Å². The van der Waals surface area contributed by atoms with Crippen LogP contribution in [0.3, 0.4) is 0 Å². The maximum Gasteiger partial charge on any atom is 0.262 e. The van der Waals surface area contributed by atoms with E-state index in [1.54, 1.807) is 49.6 Å². The number of pyridine rings is 1. The van der Waals surface area contributed by atoms with Crippen molar-refractivity contribution in [2.24, 2.45) is 0 Å². The van der Waals surface area contributed by atoms with Gasteiger partial charge in [0.25, 0.3) is 11.8 Å². The Kier molecular flexibility index (Phi) is 3.89. The van der Waals surface area contributed by atoms with Crippen molar-refractivity contribution < 1.29 is 18.7 Å². The first-order chi connectivity index (χ1) is 14.5. The van der Waals surface area contributed by atoms with Gasteiger partial charge >= 0.3 is 0 Å². The summed E-state index contributed by atoms with van der Waals surface area (Å²) < 4.78 is 21.1. The van der Waals surface area contributed by atoms with Crippen LogP contribution in [0.5, 0.6) is 5.75 Å². The third kappa shape index (κ3) is 2.43. The van der Waals surface area contributed by atoms with Gasteiger partial charge in [-0.2, -0.15) is 5.10 Å². The second kappa shape index (κ2) is 6.48. The number of nitrogens with zero attached hydrogens (tertiary/aromatic N) is 4. The number of aromatic nitrogens is 3.